The van der Waals surface area contributed by atoms with Crippen LogP contribution in [0.5, 0.6) is 0 Å². The van der Waals surface area contributed by atoms with E-state index in [9.17, 15) is 22.4 Å². The summed E-state index contributed by atoms with van der Waals surface area (Å²) >= 11 is 1.18. The van der Waals surface area contributed by atoms with Crippen LogP contribution in [0.2, 0.25) is 0 Å². The van der Waals surface area contributed by atoms with Gasteiger partial charge in [-0.15, -0.1) is 0 Å². The number of thiazole rings is 1. The van der Waals surface area contributed by atoms with Crippen molar-refractivity contribution in [1.29, 1.82) is 0 Å². The Morgan fingerprint density at radius 1 is 1.12 bits per heavy atom. The predicted molar refractivity (Wildman–Crippen MR) is 115 cm³/mol. The molecule has 0 saturated carbocycles. The molecular weight excluding hydrogens is 446 g/mol. The molecule has 1 fully saturated rings. The molecule has 0 spiro atoms. The number of hydrogen-bond donors (Lipinski definition) is 0. The molecule has 1 amide bonds. The van der Waals surface area contributed by atoms with Gasteiger partial charge in [0, 0.05) is 31.7 Å². The van der Waals surface area contributed by atoms with Gasteiger partial charge in [-0.25, -0.2) is 9.37 Å². The quantitative estimate of drug-likeness (QED) is 0.488. The highest BCUT2D eigenvalue weighted by Crippen LogP contribution is 2.32. The van der Waals surface area contributed by atoms with Crippen LogP contribution in [0.4, 0.5) is 22.7 Å². The van der Waals surface area contributed by atoms with Crippen LogP contribution in [-0.4, -0.2) is 55.2 Å². The standard InChI is InChI=1S/C22H21F4N3O2S/c23-17-6-7-18-19(14-17)32-21(27-18)29(9-1-8-28-10-12-31-13-11-28)20(30)15-2-4-16(5-3-15)22(24,25)26/h2-7,14H,1,8-13H2. The number of carbonyl (C=O) groups is 1. The van der Waals surface area contributed by atoms with Gasteiger partial charge in [0.15, 0.2) is 5.13 Å². The van der Waals surface area contributed by atoms with Crippen molar-refractivity contribution in [1.82, 2.24) is 9.88 Å². The minimum atomic E-state index is -4.48. The lowest BCUT2D eigenvalue weighted by Gasteiger charge is -2.27. The number of carbonyl (C=O) groups excluding carboxylic acids is 1. The number of hydrogen-bond acceptors (Lipinski definition) is 5. The Bertz CT molecular complexity index is 1080. The molecule has 1 aliphatic heterocycles. The van der Waals surface area contributed by atoms with Gasteiger partial charge in [0.1, 0.15) is 5.82 Å². The van der Waals surface area contributed by atoms with E-state index in [1.807, 2.05) is 0 Å². The van der Waals surface area contributed by atoms with Gasteiger partial charge < -0.3 is 4.74 Å². The molecule has 2 aromatic carbocycles. The van der Waals surface area contributed by atoms with Crippen LogP contribution in [0.3, 0.4) is 0 Å². The fraction of sp³-hybridized carbons (Fsp3) is 0.364. The number of rotatable bonds is 6. The number of aromatic nitrogens is 1. The van der Waals surface area contributed by atoms with E-state index in [0.29, 0.717) is 41.5 Å². The molecule has 0 bridgehead atoms. The number of nitrogens with zero attached hydrogens (tertiary/aromatic N) is 3. The predicted octanol–water partition coefficient (Wildman–Crippen LogP) is 4.82. The highest BCUT2D eigenvalue weighted by molar-refractivity contribution is 7.22. The molecule has 0 radical (unpaired) electrons. The first-order valence-electron chi connectivity index (χ1n) is 10.2. The van der Waals surface area contributed by atoms with Crippen LogP contribution in [0.1, 0.15) is 22.3 Å². The van der Waals surface area contributed by atoms with Crippen molar-refractivity contribution in [3.63, 3.8) is 0 Å². The summed E-state index contributed by atoms with van der Waals surface area (Å²) in [6.45, 7) is 4.04. The lowest BCUT2D eigenvalue weighted by atomic mass is 10.1. The molecule has 0 N–H and O–H groups in total. The molecule has 2 heterocycles. The molecule has 10 heteroatoms. The van der Waals surface area contributed by atoms with Crippen LogP contribution in [0.25, 0.3) is 10.2 Å². The summed E-state index contributed by atoms with van der Waals surface area (Å²) in [6.07, 6.45) is -3.83. The second kappa shape index (κ2) is 9.51. The van der Waals surface area contributed by atoms with Gasteiger partial charge in [0.25, 0.3) is 5.91 Å². The zero-order valence-electron chi connectivity index (χ0n) is 17.1. The molecule has 1 aliphatic rings. The average Bonchev–Trinajstić information content (AvgIpc) is 3.19. The molecule has 32 heavy (non-hydrogen) atoms. The Hall–Kier alpha value is -2.56. The Balaban J connectivity index is 1.57. The summed E-state index contributed by atoms with van der Waals surface area (Å²) in [6, 6.07) is 8.33. The SMILES string of the molecule is O=C(c1ccc(C(F)(F)F)cc1)N(CCCN1CCOCC1)c1nc2ccc(F)cc2s1. The van der Waals surface area contributed by atoms with Gasteiger partial charge in [-0.05, 0) is 48.9 Å². The molecule has 0 aliphatic carbocycles. The fourth-order valence-corrected chi connectivity index (χ4v) is 4.54. The maximum atomic E-state index is 13.6. The van der Waals surface area contributed by atoms with Crippen molar-refractivity contribution in [2.24, 2.45) is 0 Å². The number of amides is 1. The van der Waals surface area contributed by atoms with E-state index in [4.69, 9.17) is 4.74 Å². The average molecular weight is 467 g/mol. The van der Waals surface area contributed by atoms with Crippen LogP contribution in [-0.2, 0) is 10.9 Å². The molecule has 4 rings (SSSR count). The highest BCUT2D eigenvalue weighted by Gasteiger charge is 2.31. The molecular formula is C22H21F4N3O2S. The van der Waals surface area contributed by atoms with E-state index in [1.165, 1.54) is 40.5 Å². The molecule has 0 unspecified atom stereocenters. The third kappa shape index (κ3) is 5.25. The van der Waals surface area contributed by atoms with Crippen molar-refractivity contribution in [3.8, 4) is 0 Å². The van der Waals surface area contributed by atoms with E-state index in [0.717, 1.165) is 31.8 Å². The number of morpholine rings is 1. The minimum Gasteiger partial charge on any atom is -0.379 e. The van der Waals surface area contributed by atoms with Crippen LogP contribution in [0.15, 0.2) is 42.5 Å². The summed E-state index contributed by atoms with van der Waals surface area (Å²) in [7, 11) is 0. The second-order valence-electron chi connectivity index (χ2n) is 7.45. The minimum absolute atomic E-state index is 0.134. The van der Waals surface area contributed by atoms with Gasteiger partial charge in [-0.1, -0.05) is 11.3 Å². The van der Waals surface area contributed by atoms with E-state index in [-0.39, 0.29) is 5.56 Å². The number of ether oxygens (including phenoxy) is 1. The van der Waals surface area contributed by atoms with E-state index in [2.05, 4.69) is 9.88 Å². The first-order valence-corrected chi connectivity index (χ1v) is 11.0. The monoisotopic (exact) mass is 467 g/mol. The number of alkyl halides is 3. The second-order valence-corrected chi connectivity index (χ2v) is 8.46. The summed E-state index contributed by atoms with van der Waals surface area (Å²) in [5.41, 5.74) is -0.122. The van der Waals surface area contributed by atoms with Gasteiger partial charge in [-0.3, -0.25) is 14.6 Å². The van der Waals surface area contributed by atoms with Gasteiger partial charge in [-0.2, -0.15) is 13.2 Å². The third-order valence-electron chi connectivity index (χ3n) is 5.23. The molecule has 1 aromatic heterocycles. The first kappa shape index (κ1) is 22.6. The van der Waals surface area contributed by atoms with Crippen molar-refractivity contribution >= 4 is 32.6 Å². The van der Waals surface area contributed by atoms with Crippen molar-refractivity contribution in [3.05, 3.63) is 59.4 Å². The Labute approximate surface area is 186 Å². The molecule has 5 nitrogen and oxygen atoms in total. The number of anilines is 1. The summed E-state index contributed by atoms with van der Waals surface area (Å²) in [5.74, 6) is -0.846. The van der Waals surface area contributed by atoms with Gasteiger partial charge in [0.2, 0.25) is 0 Å². The third-order valence-corrected chi connectivity index (χ3v) is 6.28. The first-order chi connectivity index (χ1) is 15.3. The topological polar surface area (TPSA) is 45.7 Å². The van der Waals surface area contributed by atoms with Gasteiger partial charge in [0.05, 0.1) is 29.0 Å². The highest BCUT2D eigenvalue weighted by atomic mass is 32.1. The normalized spacial score (nSPS) is 15.2. The van der Waals surface area contributed by atoms with Crippen LogP contribution in [0, 0.1) is 5.82 Å². The Morgan fingerprint density at radius 2 is 1.84 bits per heavy atom. The van der Waals surface area contributed by atoms with Crippen molar-refractivity contribution in [2.45, 2.75) is 12.6 Å². The lowest BCUT2D eigenvalue weighted by molar-refractivity contribution is -0.137. The number of fused-ring (bicyclic) bond motifs is 1. The smallest absolute Gasteiger partial charge is 0.379 e. The van der Waals surface area contributed by atoms with Crippen LogP contribution < -0.4 is 4.90 Å². The maximum absolute atomic E-state index is 13.6. The lowest BCUT2D eigenvalue weighted by Crippen LogP contribution is -2.39. The maximum Gasteiger partial charge on any atom is 0.416 e. The number of halogens is 4. The Morgan fingerprint density at radius 3 is 2.53 bits per heavy atom. The molecule has 0 atom stereocenters. The summed E-state index contributed by atoms with van der Waals surface area (Å²) in [4.78, 5) is 21.4. The van der Waals surface area contributed by atoms with Gasteiger partial charge >= 0.3 is 6.18 Å². The fourth-order valence-electron chi connectivity index (χ4n) is 3.52. The molecule has 170 valence electrons. The molecule has 3 aromatic rings. The molecule has 1 saturated heterocycles. The van der Waals surface area contributed by atoms with Crippen molar-refractivity contribution in [2.75, 3.05) is 44.3 Å². The Kier molecular flexibility index (Phi) is 6.73. The zero-order chi connectivity index (χ0) is 22.7. The summed E-state index contributed by atoms with van der Waals surface area (Å²) in [5, 5.41) is 0.387. The number of benzene rings is 2. The van der Waals surface area contributed by atoms with Crippen molar-refractivity contribution < 1.29 is 27.1 Å². The van der Waals surface area contributed by atoms with E-state index in [1.54, 1.807) is 6.07 Å². The van der Waals surface area contributed by atoms with E-state index < -0.39 is 23.5 Å². The summed E-state index contributed by atoms with van der Waals surface area (Å²) < 4.78 is 58.2. The zero-order valence-corrected chi connectivity index (χ0v) is 17.9. The van der Waals surface area contributed by atoms with Crippen LogP contribution >= 0.6 is 11.3 Å². The largest absolute Gasteiger partial charge is 0.416 e. The van der Waals surface area contributed by atoms with E-state index >= 15 is 0 Å².